The molecule has 21 heavy (non-hydrogen) atoms. The fraction of sp³-hybridized carbons (Fsp3) is 0.600. The number of rotatable bonds is 6. The van der Waals surface area contributed by atoms with Gasteiger partial charge in [-0.2, -0.15) is 0 Å². The molecule has 2 rings (SSSR count). The maximum Gasteiger partial charge on any atom is 0.255 e. The van der Waals surface area contributed by atoms with Gasteiger partial charge in [0, 0.05) is 25.0 Å². The van der Waals surface area contributed by atoms with Crippen molar-refractivity contribution in [3.63, 3.8) is 0 Å². The maximum absolute atomic E-state index is 12.2. The Balaban J connectivity index is 1.86. The lowest BCUT2D eigenvalue weighted by Gasteiger charge is -2.20. The molecule has 1 fully saturated rings. The van der Waals surface area contributed by atoms with Crippen LogP contribution in [0, 0.1) is 12.8 Å². The lowest BCUT2D eigenvalue weighted by atomic mass is 10.1. The first-order chi connectivity index (χ1) is 10.1. The first-order valence-electron chi connectivity index (χ1n) is 7.54. The van der Waals surface area contributed by atoms with Crippen molar-refractivity contribution in [2.45, 2.75) is 26.7 Å². The summed E-state index contributed by atoms with van der Waals surface area (Å²) in [6.07, 6.45) is 4.14. The van der Waals surface area contributed by atoms with Crippen LogP contribution in [0.15, 0.2) is 12.3 Å². The smallest absolute Gasteiger partial charge is 0.255 e. The molecule has 1 atom stereocenters. The number of aromatic nitrogens is 1. The van der Waals surface area contributed by atoms with Gasteiger partial charge < -0.3 is 15.6 Å². The Morgan fingerprint density at radius 3 is 2.86 bits per heavy atom. The third-order valence-corrected chi connectivity index (χ3v) is 3.82. The topological polar surface area (TPSA) is 83.3 Å². The van der Waals surface area contributed by atoms with Crippen LogP contribution in [0.25, 0.3) is 0 Å². The minimum atomic E-state index is -0.135. The average Bonchev–Trinajstić information content (AvgIpc) is 2.97. The van der Waals surface area contributed by atoms with Crippen molar-refractivity contribution in [2.24, 2.45) is 11.8 Å². The zero-order chi connectivity index (χ0) is 15.2. The molecule has 0 aromatic carbocycles. The molecule has 0 saturated carbocycles. The second kappa shape index (κ2) is 7.38. The minimum absolute atomic E-state index is 0.135. The molecule has 1 aliphatic heterocycles. The number of amides is 1. The van der Waals surface area contributed by atoms with Crippen LogP contribution in [0.4, 0.5) is 5.69 Å². The number of hydrogen-bond donors (Lipinski definition) is 3. The van der Waals surface area contributed by atoms with Crippen LogP contribution in [0.3, 0.4) is 0 Å². The van der Waals surface area contributed by atoms with Gasteiger partial charge in [-0.1, -0.05) is 6.92 Å². The summed E-state index contributed by atoms with van der Waals surface area (Å²) in [7, 11) is 0. The van der Waals surface area contributed by atoms with Crippen molar-refractivity contribution in [1.82, 2.24) is 15.2 Å². The number of carbonyl (C=O) groups is 1. The van der Waals surface area contributed by atoms with Crippen molar-refractivity contribution in [3.05, 3.63) is 23.5 Å². The van der Waals surface area contributed by atoms with E-state index in [-0.39, 0.29) is 5.91 Å². The molecule has 6 nitrogen and oxygen atoms in total. The van der Waals surface area contributed by atoms with Gasteiger partial charge in [0.15, 0.2) is 0 Å². The van der Waals surface area contributed by atoms with Gasteiger partial charge in [-0.25, -0.2) is 0 Å². The summed E-state index contributed by atoms with van der Waals surface area (Å²) in [6, 6.07) is 1.77. The Bertz CT molecular complexity index is 485. The molecule has 116 valence electrons. The number of anilines is 1. The fourth-order valence-corrected chi connectivity index (χ4v) is 2.69. The fourth-order valence-electron chi connectivity index (χ4n) is 2.69. The monoisotopic (exact) mass is 291 g/mol. The number of aryl methyl sites for hydroxylation is 1. The Morgan fingerprint density at radius 2 is 2.19 bits per heavy atom. The Kier molecular flexibility index (Phi) is 5.52. The third kappa shape index (κ3) is 4.41. The van der Waals surface area contributed by atoms with E-state index in [9.17, 15) is 4.79 Å². The van der Waals surface area contributed by atoms with E-state index in [1.165, 1.54) is 25.9 Å². The largest absolute Gasteiger partial charge is 0.352 e. The summed E-state index contributed by atoms with van der Waals surface area (Å²) >= 11 is 0. The van der Waals surface area contributed by atoms with Gasteiger partial charge in [-0.3, -0.25) is 15.6 Å². The van der Waals surface area contributed by atoms with Crippen LogP contribution >= 0.6 is 0 Å². The molecule has 0 radical (unpaired) electrons. The number of nitrogens with two attached hydrogens (primary N) is 1. The van der Waals surface area contributed by atoms with Crippen molar-refractivity contribution < 1.29 is 4.79 Å². The van der Waals surface area contributed by atoms with Crippen LogP contribution in [0.5, 0.6) is 0 Å². The van der Waals surface area contributed by atoms with Crippen molar-refractivity contribution >= 4 is 11.6 Å². The van der Waals surface area contributed by atoms with Crippen molar-refractivity contribution in [3.8, 4) is 0 Å². The molecule has 1 amide bonds. The summed E-state index contributed by atoms with van der Waals surface area (Å²) in [4.78, 5) is 18.8. The van der Waals surface area contributed by atoms with E-state index < -0.39 is 0 Å². The molecule has 1 unspecified atom stereocenters. The Hall–Kier alpha value is -1.66. The number of nitrogens with zero attached hydrogens (tertiary/aromatic N) is 2. The van der Waals surface area contributed by atoms with Crippen LogP contribution in [-0.4, -0.2) is 42.0 Å². The number of pyridine rings is 1. The lowest BCUT2D eigenvalue weighted by Crippen LogP contribution is -2.34. The highest BCUT2D eigenvalue weighted by atomic mass is 16.1. The molecular formula is C15H25N5O. The SMILES string of the molecule is Cc1cc(NN)c(C(=O)NCC(C)CN2CCCC2)cn1. The van der Waals surface area contributed by atoms with E-state index in [1.807, 2.05) is 6.92 Å². The van der Waals surface area contributed by atoms with Crippen LogP contribution < -0.4 is 16.6 Å². The number of nitrogens with one attached hydrogen (secondary N) is 2. The molecule has 1 aromatic heterocycles. The summed E-state index contributed by atoms with van der Waals surface area (Å²) in [5.41, 5.74) is 4.46. The van der Waals surface area contributed by atoms with Crippen molar-refractivity contribution in [1.29, 1.82) is 0 Å². The summed E-state index contributed by atoms with van der Waals surface area (Å²) in [5.74, 6) is 5.75. The molecule has 0 spiro atoms. The molecule has 0 aliphatic carbocycles. The van der Waals surface area contributed by atoms with Crippen LogP contribution in [0.1, 0.15) is 35.8 Å². The van der Waals surface area contributed by atoms with E-state index in [4.69, 9.17) is 5.84 Å². The molecule has 0 bridgehead atoms. The first kappa shape index (κ1) is 15.7. The Morgan fingerprint density at radius 1 is 1.48 bits per heavy atom. The molecule has 6 heteroatoms. The van der Waals surface area contributed by atoms with E-state index in [2.05, 4.69) is 27.6 Å². The molecule has 1 aromatic rings. The van der Waals surface area contributed by atoms with E-state index in [1.54, 1.807) is 12.3 Å². The zero-order valence-electron chi connectivity index (χ0n) is 12.9. The van der Waals surface area contributed by atoms with E-state index in [0.717, 1.165) is 12.2 Å². The number of carbonyl (C=O) groups excluding carboxylic acids is 1. The lowest BCUT2D eigenvalue weighted by molar-refractivity contribution is 0.0945. The number of hydrazine groups is 1. The molecule has 1 aliphatic rings. The quantitative estimate of drug-likeness (QED) is 0.541. The van der Waals surface area contributed by atoms with Gasteiger partial charge >= 0.3 is 0 Å². The second-order valence-electron chi connectivity index (χ2n) is 5.84. The predicted octanol–water partition coefficient (Wildman–Crippen LogP) is 1.14. The van der Waals surface area contributed by atoms with Gasteiger partial charge in [0.2, 0.25) is 0 Å². The van der Waals surface area contributed by atoms with Crippen LogP contribution in [0.2, 0.25) is 0 Å². The van der Waals surface area contributed by atoms with Crippen molar-refractivity contribution in [2.75, 3.05) is 31.6 Å². The molecule has 4 N–H and O–H groups in total. The van der Waals surface area contributed by atoms with Crippen LogP contribution in [-0.2, 0) is 0 Å². The van der Waals surface area contributed by atoms with E-state index >= 15 is 0 Å². The van der Waals surface area contributed by atoms with Gasteiger partial charge in [-0.15, -0.1) is 0 Å². The molecule has 1 saturated heterocycles. The summed E-state index contributed by atoms with van der Waals surface area (Å²) in [5, 5.41) is 2.97. The summed E-state index contributed by atoms with van der Waals surface area (Å²) < 4.78 is 0. The highest BCUT2D eigenvalue weighted by Crippen LogP contribution is 2.14. The number of nitrogen functional groups attached to an aromatic ring is 1. The maximum atomic E-state index is 12.2. The second-order valence-corrected chi connectivity index (χ2v) is 5.84. The van der Waals surface area contributed by atoms with Gasteiger partial charge in [0.25, 0.3) is 5.91 Å². The zero-order valence-corrected chi connectivity index (χ0v) is 12.9. The predicted molar refractivity (Wildman–Crippen MR) is 84.0 cm³/mol. The third-order valence-electron chi connectivity index (χ3n) is 3.82. The molecule has 2 heterocycles. The number of hydrogen-bond acceptors (Lipinski definition) is 5. The summed E-state index contributed by atoms with van der Waals surface area (Å²) in [6.45, 7) is 8.08. The number of likely N-dealkylation sites (tertiary alicyclic amines) is 1. The van der Waals surface area contributed by atoms with Gasteiger partial charge in [0.05, 0.1) is 11.3 Å². The standard InChI is InChI=1S/C15H25N5O/c1-11(10-20-5-3-4-6-20)8-18-15(21)13-9-17-12(2)7-14(13)19-16/h7,9,11H,3-6,8,10,16H2,1-2H3,(H,17,19)(H,18,21). The first-order valence-corrected chi connectivity index (χ1v) is 7.54. The minimum Gasteiger partial charge on any atom is -0.352 e. The highest BCUT2D eigenvalue weighted by Gasteiger charge is 2.16. The molecular weight excluding hydrogens is 266 g/mol. The highest BCUT2D eigenvalue weighted by molar-refractivity contribution is 5.99. The normalized spacial score (nSPS) is 16.7. The Labute approximate surface area is 126 Å². The van der Waals surface area contributed by atoms with Gasteiger partial charge in [0.1, 0.15) is 0 Å². The average molecular weight is 291 g/mol. The van der Waals surface area contributed by atoms with E-state index in [0.29, 0.717) is 23.7 Å². The van der Waals surface area contributed by atoms with Gasteiger partial charge in [-0.05, 0) is 44.8 Å².